The molecule has 0 bridgehead atoms. The van der Waals surface area contributed by atoms with Gasteiger partial charge in [0.05, 0.1) is 5.52 Å². The minimum atomic E-state index is 0.684. The van der Waals surface area contributed by atoms with Gasteiger partial charge in [-0.15, -0.1) is 0 Å². The van der Waals surface area contributed by atoms with Crippen LogP contribution in [0.2, 0.25) is 0 Å². The number of aromatic nitrogens is 1. The minimum Gasteiger partial charge on any atom is -0.370 e. The summed E-state index contributed by atoms with van der Waals surface area (Å²) in [5.74, 6) is 2.97. The predicted octanol–water partition coefficient (Wildman–Crippen LogP) is 2.14. The topological polar surface area (TPSA) is 54.5 Å². The number of rotatable bonds is 3. The Bertz CT molecular complexity index is 630. The molecule has 0 atom stereocenters. The van der Waals surface area contributed by atoms with Crippen molar-refractivity contribution < 1.29 is 0 Å². The number of hydrogen-bond acceptors (Lipinski definition) is 3. The van der Waals surface area contributed by atoms with Crippen molar-refractivity contribution >= 4 is 28.6 Å². The van der Waals surface area contributed by atoms with Crippen molar-refractivity contribution in [1.29, 1.82) is 0 Å². The summed E-state index contributed by atoms with van der Waals surface area (Å²) in [5.41, 5.74) is 8.38. The van der Waals surface area contributed by atoms with Crippen LogP contribution in [0.1, 0.15) is 5.56 Å². The fourth-order valence-electron chi connectivity index (χ4n) is 2.55. The van der Waals surface area contributed by atoms with E-state index in [0.29, 0.717) is 12.5 Å². The summed E-state index contributed by atoms with van der Waals surface area (Å²) in [6.07, 6.45) is 2.71. The third-order valence-electron chi connectivity index (χ3n) is 3.71. The normalized spacial score (nSPS) is 16.4. The first kappa shape index (κ1) is 14.2. The highest BCUT2D eigenvalue weighted by Crippen LogP contribution is 2.16. The lowest BCUT2D eigenvalue weighted by Crippen LogP contribution is -2.42. The maximum atomic E-state index is 6.08. The fourth-order valence-corrected chi connectivity index (χ4v) is 3.46. The molecule has 1 aromatic carbocycles. The van der Waals surface area contributed by atoms with E-state index in [-0.39, 0.29) is 0 Å². The number of nitrogens with zero attached hydrogens (tertiary/aromatic N) is 3. The van der Waals surface area contributed by atoms with Crippen LogP contribution in [0.3, 0.4) is 0 Å². The molecule has 0 aliphatic carbocycles. The summed E-state index contributed by atoms with van der Waals surface area (Å²) in [7, 11) is 0. The Morgan fingerprint density at radius 2 is 2.05 bits per heavy atom. The van der Waals surface area contributed by atoms with Crippen molar-refractivity contribution in [2.24, 2.45) is 10.7 Å². The second-order valence-corrected chi connectivity index (χ2v) is 6.31. The maximum absolute atomic E-state index is 6.08. The third-order valence-corrected chi connectivity index (χ3v) is 4.65. The van der Waals surface area contributed by atoms with Crippen molar-refractivity contribution in [3.63, 3.8) is 0 Å². The van der Waals surface area contributed by atoms with E-state index in [9.17, 15) is 0 Å². The standard InChI is InChI=1S/C16H20N4S/c17-16(20-9-11-21-12-10-20)19-8-6-14-4-1-3-13-5-2-7-18-15(13)14/h1-5,7H,6,8-12H2,(H2,17,19). The van der Waals surface area contributed by atoms with Gasteiger partial charge in [0.1, 0.15) is 0 Å². The Balaban J connectivity index is 1.66. The molecule has 1 fully saturated rings. The summed E-state index contributed by atoms with van der Waals surface area (Å²) in [6, 6.07) is 10.4. The Morgan fingerprint density at radius 1 is 1.24 bits per heavy atom. The zero-order chi connectivity index (χ0) is 14.5. The molecule has 2 aromatic rings. The van der Waals surface area contributed by atoms with Crippen LogP contribution in [-0.4, -0.2) is 47.0 Å². The quantitative estimate of drug-likeness (QED) is 0.697. The Labute approximate surface area is 129 Å². The first-order valence-corrected chi connectivity index (χ1v) is 8.45. The molecule has 0 amide bonds. The molecule has 0 unspecified atom stereocenters. The summed E-state index contributed by atoms with van der Waals surface area (Å²) in [5, 5.41) is 1.18. The van der Waals surface area contributed by atoms with Crippen LogP contribution in [0.5, 0.6) is 0 Å². The highest BCUT2D eigenvalue weighted by Gasteiger charge is 2.11. The van der Waals surface area contributed by atoms with E-state index in [1.54, 1.807) is 0 Å². The van der Waals surface area contributed by atoms with E-state index in [4.69, 9.17) is 5.73 Å². The molecule has 2 N–H and O–H groups in total. The molecule has 0 saturated carbocycles. The molecule has 21 heavy (non-hydrogen) atoms. The van der Waals surface area contributed by atoms with Gasteiger partial charge in [0.2, 0.25) is 0 Å². The van der Waals surface area contributed by atoms with Crippen molar-refractivity contribution in [2.75, 3.05) is 31.1 Å². The average Bonchev–Trinajstić information content (AvgIpc) is 2.56. The molecule has 1 saturated heterocycles. The summed E-state index contributed by atoms with van der Waals surface area (Å²) < 4.78 is 0. The average molecular weight is 300 g/mol. The van der Waals surface area contributed by atoms with Crippen molar-refractivity contribution in [3.05, 3.63) is 42.1 Å². The van der Waals surface area contributed by atoms with Gasteiger partial charge in [0, 0.05) is 42.7 Å². The number of hydrogen-bond donors (Lipinski definition) is 1. The van der Waals surface area contributed by atoms with Gasteiger partial charge in [0.25, 0.3) is 0 Å². The van der Waals surface area contributed by atoms with Gasteiger partial charge in [-0.05, 0) is 18.1 Å². The van der Waals surface area contributed by atoms with E-state index in [2.05, 4.69) is 39.1 Å². The number of benzene rings is 1. The molecule has 4 nitrogen and oxygen atoms in total. The molecule has 110 valence electrons. The van der Waals surface area contributed by atoms with Crippen LogP contribution in [0.4, 0.5) is 0 Å². The Hall–Kier alpha value is -1.75. The number of fused-ring (bicyclic) bond motifs is 1. The zero-order valence-electron chi connectivity index (χ0n) is 12.0. The number of para-hydroxylation sites is 1. The fraction of sp³-hybridized carbons (Fsp3) is 0.375. The number of thioether (sulfide) groups is 1. The second-order valence-electron chi connectivity index (χ2n) is 5.08. The van der Waals surface area contributed by atoms with Crippen molar-refractivity contribution in [3.8, 4) is 0 Å². The van der Waals surface area contributed by atoms with Gasteiger partial charge >= 0.3 is 0 Å². The minimum absolute atomic E-state index is 0.684. The van der Waals surface area contributed by atoms with E-state index in [0.717, 1.165) is 36.5 Å². The van der Waals surface area contributed by atoms with Crippen LogP contribution in [0.15, 0.2) is 41.5 Å². The van der Waals surface area contributed by atoms with Crippen LogP contribution in [-0.2, 0) is 6.42 Å². The largest absolute Gasteiger partial charge is 0.370 e. The highest BCUT2D eigenvalue weighted by atomic mass is 32.2. The number of aliphatic imine (C=N–C) groups is 1. The monoisotopic (exact) mass is 300 g/mol. The summed E-state index contributed by atoms with van der Waals surface area (Å²) >= 11 is 1.98. The van der Waals surface area contributed by atoms with Crippen molar-refractivity contribution in [2.45, 2.75) is 6.42 Å². The van der Waals surface area contributed by atoms with Crippen LogP contribution in [0, 0.1) is 0 Å². The maximum Gasteiger partial charge on any atom is 0.191 e. The third kappa shape index (κ3) is 3.47. The molecule has 1 aliphatic rings. The van der Waals surface area contributed by atoms with Gasteiger partial charge in [0.15, 0.2) is 5.96 Å². The van der Waals surface area contributed by atoms with Gasteiger partial charge in [-0.25, -0.2) is 0 Å². The van der Waals surface area contributed by atoms with Gasteiger partial charge in [-0.2, -0.15) is 11.8 Å². The molecule has 1 aliphatic heterocycles. The van der Waals surface area contributed by atoms with E-state index in [1.807, 2.05) is 24.0 Å². The summed E-state index contributed by atoms with van der Waals surface area (Å²) in [4.78, 5) is 11.2. The van der Waals surface area contributed by atoms with Crippen LogP contribution < -0.4 is 5.73 Å². The molecular weight excluding hydrogens is 280 g/mol. The number of nitrogens with two attached hydrogens (primary N) is 1. The van der Waals surface area contributed by atoms with Crippen LogP contribution in [0.25, 0.3) is 10.9 Å². The Kier molecular flexibility index (Phi) is 4.60. The predicted molar refractivity (Wildman–Crippen MR) is 90.8 cm³/mol. The second kappa shape index (κ2) is 6.80. The smallest absolute Gasteiger partial charge is 0.191 e. The van der Waals surface area contributed by atoms with Gasteiger partial charge in [-0.3, -0.25) is 9.98 Å². The zero-order valence-corrected chi connectivity index (χ0v) is 12.9. The Morgan fingerprint density at radius 3 is 2.90 bits per heavy atom. The lowest BCUT2D eigenvalue weighted by Gasteiger charge is -2.27. The van der Waals surface area contributed by atoms with Crippen molar-refractivity contribution in [1.82, 2.24) is 9.88 Å². The SMILES string of the molecule is NC(=NCCc1cccc2cccnc12)N1CCSCC1. The summed E-state index contributed by atoms with van der Waals surface area (Å²) in [6.45, 7) is 2.73. The number of guanidine groups is 1. The van der Waals surface area contributed by atoms with E-state index < -0.39 is 0 Å². The molecule has 0 radical (unpaired) electrons. The van der Waals surface area contributed by atoms with E-state index in [1.165, 1.54) is 10.9 Å². The number of pyridine rings is 1. The van der Waals surface area contributed by atoms with Gasteiger partial charge < -0.3 is 10.6 Å². The first-order chi connectivity index (χ1) is 10.3. The lowest BCUT2D eigenvalue weighted by atomic mass is 10.1. The lowest BCUT2D eigenvalue weighted by molar-refractivity contribution is 0.456. The molecule has 5 heteroatoms. The first-order valence-electron chi connectivity index (χ1n) is 7.30. The molecule has 1 aromatic heterocycles. The molecule has 0 spiro atoms. The highest BCUT2D eigenvalue weighted by molar-refractivity contribution is 7.99. The van der Waals surface area contributed by atoms with Crippen LogP contribution >= 0.6 is 11.8 Å². The van der Waals surface area contributed by atoms with Gasteiger partial charge in [-0.1, -0.05) is 24.3 Å². The molecule has 2 heterocycles. The molecule has 3 rings (SSSR count). The molecular formula is C16H20N4S. The van der Waals surface area contributed by atoms with E-state index >= 15 is 0 Å².